The molecule has 1 saturated carbocycles. The predicted octanol–water partition coefficient (Wildman–Crippen LogP) is 2.63. The minimum absolute atomic E-state index is 0.0722. The fourth-order valence-corrected chi connectivity index (χ4v) is 3.15. The Balaban J connectivity index is 1.54. The zero-order valence-corrected chi connectivity index (χ0v) is 11.7. The van der Waals surface area contributed by atoms with E-state index in [0.29, 0.717) is 6.04 Å². The van der Waals surface area contributed by atoms with Gasteiger partial charge in [-0.1, -0.05) is 0 Å². The van der Waals surface area contributed by atoms with Crippen LogP contribution in [0.15, 0.2) is 18.2 Å². The number of benzene rings is 1. The number of halogens is 1. The Labute approximate surface area is 122 Å². The van der Waals surface area contributed by atoms with Crippen molar-refractivity contribution in [1.29, 1.82) is 0 Å². The minimum Gasteiger partial charge on any atom is -0.358 e. The fraction of sp³-hybridized carbons (Fsp3) is 0.438. The molecule has 1 heterocycles. The lowest BCUT2D eigenvalue weighted by Gasteiger charge is -2.23. The van der Waals surface area contributed by atoms with E-state index in [9.17, 15) is 9.18 Å². The normalized spacial score (nSPS) is 21.1. The van der Waals surface area contributed by atoms with Gasteiger partial charge in [0.05, 0.1) is 0 Å². The van der Waals surface area contributed by atoms with E-state index in [4.69, 9.17) is 0 Å². The molecule has 3 N–H and O–H groups in total. The van der Waals surface area contributed by atoms with Crippen molar-refractivity contribution >= 4 is 16.9 Å². The lowest BCUT2D eigenvalue weighted by Crippen LogP contribution is -2.45. The molecule has 21 heavy (non-hydrogen) atoms. The molecule has 5 heteroatoms. The number of aromatic nitrogens is 1. The highest BCUT2D eigenvalue weighted by atomic mass is 19.1. The van der Waals surface area contributed by atoms with Crippen molar-refractivity contribution in [2.75, 3.05) is 0 Å². The van der Waals surface area contributed by atoms with Gasteiger partial charge in [-0.3, -0.25) is 0 Å². The summed E-state index contributed by atoms with van der Waals surface area (Å²) in [4.78, 5) is 15.2. The molecule has 0 aliphatic heterocycles. The zero-order chi connectivity index (χ0) is 14.4. The second-order valence-electron chi connectivity index (χ2n) is 6.10. The largest absolute Gasteiger partial charge is 0.358 e. The van der Waals surface area contributed by atoms with Gasteiger partial charge in [0.1, 0.15) is 5.82 Å². The summed E-state index contributed by atoms with van der Waals surface area (Å²) in [6.07, 6.45) is 4.74. The van der Waals surface area contributed by atoms with E-state index in [1.54, 1.807) is 12.1 Å². The number of carbonyl (C=O) groups is 1. The number of hydrogen-bond acceptors (Lipinski definition) is 1. The molecular formula is C16H18FN3O. The van der Waals surface area contributed by atoms with Crippen LogP contribution in [0.5, 0.6) is 0 Å². The van der Waals surface area contributed by atoms with Crippen molar-refractivity contribution in [1.82, 2.24) is 15.6 Å². The number of aromatic amines is 1. The van der Waals surface area contributed by atoms with Crippen molar-refractivity contribution in [3.8, 4) is 0 Å². The number of hydrogen-bond donors (Lipinski definition) is 3. The maximum absolute atomic E-state index is 13.4. The second kappa shape index (κ2) is 4.76. The molecule has 0 saturated heterocycles. The van der Waals surface area contributed by atoms with Crippen LogP contribution in [0.1, 0.15) is 30.5 Å². The predicted molar refractivity (Wildman–Crippen MR) is 78.8 cm³/mol. The van der Waals surface area contributed by atoms with Gasteiger partial charge < -0.3 is 15.6 Å². The van der Waals surface area contributed by atoms with Crippen LogP contribution in [0.25, 0.3) is 10.9 Å². The Morgan fingerprint density at radius 3 is 2.81 bits per heavy atom. The molecule has 1 fully saturated rings. The van der Waals surface area contributed by atoms with Crippen LogP contribution in [0.2, 0.25) is 0 Å². The summed E-state index contributed by atoms with van der Waals surface area (Å²) in [6.45, 7) is 0. The third kappa shape index (κ3) is 2.48. The number of fused-ring (bicyclic) bond motifs is 3. The molecular weight excluding hydrogens is 269 g/mol. The lowest BCUT2D eigenvalue weighted by molar-refractivity contribution is 0.235. The van der Waals surface area contributed by atoms with Gasteiger partial charge in [-0.2, -0.15) is 0 Å². The smallest absolute Gasteiger partial charge is 0.315 e. The Hall–Kier alpha value is -2.04. The summed E-state index contributed by atoms with van der Waals surface area (Å²) in [5, 5.41) is 6.93. The summed E-state index contributed by atoms with van der Waals surface area (Å²) in [7, 11) is 0. The molecule has 110 valence electrons. The molecule has 2 aliphatic carbocycles. The number of urea groups is 1. The number of amides is 2. The number of carbonyl (C=O) groups excluding carboxylic acids is 1. The molecule has 2 aliphatic rings. The van der Waals surface area contributed by atoms with E-state index in [1.165, 1.54) is 11.8 Å². The third-order valence-electron chi connectivity index (χ3n) is 4.40. The zero-order valence-electron chi connectivity index (χ0n) is 11.7. The van der Waals surface area contributed by atoms with Crippen LogP contribution in [-0.2, 0) is 12.8 Å². The first-order valence-electron chi connectivity index (χ1n) is 7.55. The first kappa shape index (κ1) is 12.7. The molecule has 2 aromatic rings. The molecule has 4 nitrogen and oxygen atoms in total. The highest BCUT2D eigenvalue weighted by molar-refractivity contribution is 5.85. The van der Waals surface area contributed by atoms with Gasteiger partial charge in [0.25, 0.3) is 0 Å². The second-order valence-corrected chi connectivity index (χ2v) is 6.10. The quantitative estimate of drug-likeness (QED) is 0.781. The van der Waals surface area contributed by atoms with Crippen molar-refractivity contribution < 1.29 is 9.18 Å². The van der Waals surface area contributed by atoms with E-state index in [-0.39, 0.29) is 17.9 Å². The third-order valence-corrected chi connectivity index (χ3v) is 4.40. The highest BCUT2D eigenvalue weighted by Crippen LogP contribution is 2.29. The van der Waals surface area contributed by atoms with Gasteiger partial charge in [0.2, 0.25) is 0 Å². The molecule has 1 aromatic heterocycles. The Morgan fingerprint density at radius 1 is 1.19 bits per heavy atom. The van der Waals surface area contributed by atoms with Crippen molar-refractivity contribution in [2.24, 2.45) is 0 Å². The molecule has 0 bridgehead atoms. The molecule has 1 aromatic carbocycles. The maximum Gasteiger partial charge on any atom is 0.315 e. The topological polar surface area (TPSA) is 56.9 Å². The van der Waals surface area contributed by atoms with E-state index < -0.39 is 0 Å². The summed E-state index contributed by atoms with van der Waals surface area (Å²) in [6, 6.07) is 5.26. The van der Waals surface area contributed by atoms with Crippen LogP contribution >= 0.6 is 0 Å². The maximum atomic E-state index is 13.4. The van der Waals surface area contributed by atoms with Gasteiger partial charge in [-0.25, -0.2) is 9.18 Å². The van der Waals surface area contributed by atoms with Crippen LogP contribution in [0.4, 0.5) is 9.18 Å². The van der Waals surface area contributed by atoms with Crippen LogP contribution < -0.4 is 10.6 Å². The SMILES string of the molecule is O=C(NC1CC1)NC1CCc2[nH]c3ccc(F)cc3c2C1. The highest BCUT2D eigenvalue weighted by Gasteiger charge is 2.27. The number of rotatable bonds is 2. The summed E-state index contributed by atoms with van der Waals surface area (Å²) >= 11 is 0. The Bertz CT molecular complexity index is 705. The standard InChI is InChI=1S/C16H18FN3O/c17-9-1-5-14-12(7-9)13-8-11(4-6-15(13)20-14)19-16(21)18-10-2-3-10/h1,5,7,10-11,20H,2-4,6,8H2,(H2,18,19,21). The molecule has 1 unspecified atom stereocenters. The van der Waals surface area contributed by atoms with Gasteiger partial charge in [0, 0.05) is 28.7 Å². The van der Waals surface area contributed by atoms with E-state index in [0.717, 1.165) is 48.6 Å². The van der Waals surface area contributed by atoms with Crippen LogP contribution in [0, 0.1) is 5.82 Å². The molecule has 4 rings (SSSR count). The Kier molecular flexibility index (Phi) is 2.87. The van der Waals surface area contributed by atoms with Gasteiger partial charge in [0.15, 0.2) is 0 Å². The average Bonchev–Trinajstić information content (AvgIpc) is 3.19. The molecule has 1 atom stereocenters. The van der Waals surface area contributed by atoms with Gasteiger partial charge in [-0.05, 0) is 55.9 Å². The van der Waals surface area contributed by atoms with E-state index >= 15 is 0 Å². The average molecular weight is 287 g/mol. The van der Waals surface area contributed by atoms with Crippen molar-refractivity contribution in [3.05, 3.63) is 35.3 Å². The van der Waals surface area contributed by atoms with E-state index in [1.807, 2.05) is 0 Å². The fourth-order valence-electron chi connectivity index (χ4n) is 3.15. The molecule has 2 amide bonds. The first-order chi connectivity index (χ1) is 10.2. The van der Waals surface area contributed by atoms with E-state index in [2.05, 4.69) is 15.6 Å². The summed E-state index contributed by atoms with van der Waals surface area (Å²) in [5.74, 6) is -0.217. The summed E-state index contributed by atoms with van der Waals surface area (Å²) < 4.78 is 13.4. The monoisotopic (exact) mass is 287 g/mol. The number of H-pyrrole nitrogens is 1. The summed E-state index contributed by atoms with van der Waals surface area (Å²) in [5.41, 5.74) is 3.30. The number of aryl methyl sites for hydroxylation is 1. The van der Waals surface area contributed by atoms with Crippen LogP contribution in [-0.4, -0.2) is 23.1 Å². The number of nitrogens with one attached hydrogen (secondary N) is 3. The van der Waals surface area contributed by atoms with Gasteiger partial charge >= 0.3 is 6.03 Å². The van der Waals surface area contributed by atoms with Gasteiger partial charge in [-0.15, -0.1) is 0 Å². The van der Waals surface area contributed by atoms with Crippen LogP contribution in [0.3, 0.4) is 0 Å². The first-order valence-corrected chi connectivity index (χ1v) is 7.55. The molecule has 0 spiro atoms. The lowest BCUT2D eigenvalue weighted by atomic mass is 9.91. The molecule has 0 radical (unpaired) electrons. The van der Waals surface area contributed by atoms with Crippen molar-refractivity contribution in [2.45, 2.75) is 44.2 Å². The Morgan fingerprint density at radius 2 is 2.00 bits per heavy atom. The minimum atomic E-state index is -0.217. The van der Waals surface area contributed by atoms with Crippen molar-refractivity contribution in [3.63, 3.8) is 0 Å².